The van der Waals surface area contributed by atoms with Crippen LogP contribution in [0.3, 0.4) is 0 Å². The quantitative estimate of drug-likeness (QED) is 0.146. The van der Waals surface area contributed by atoms with Crippen LogP contribution in [0.4, 0.5) is 26.0 Å². The zero-order chi connectivity index (χ0) is 39.7. The molecule has 3 aromatic carbocycles. The Morgan fingerprint density at radius 2 is 1.65 bits per heavy atom. The number of benzene rings is 3. The van der Waals surface area contributed by atoms with Gasteiger partial charge >= 0.3 is 0 Å². The summed E-state index contributed by atoms with van der Waals surface area (Å²) < 4.78 is 42.7. The minimum Gasteiger partial charge on any atom is -0.493 e. The number of nitrogens with one attached hydrogen (secondary N) is 2. The van der Waals surface area contributed by atoms with Crippen LogP contribution in [0, 0.1) is 17.6 Å². The molecule has 57 heavy (non-hydrogen) atoms. The normalized spacial score (nSPS) is 24.7. The van der Waals surface area contributed by atoms with Crippen molar-refractivity contribution in [2.24, 2.45) is 5.92 Å². The second-order valence-electron chi connectivity index (χ2n) is 15.3. The summed E-state index contributed by atoms with van der Waals surface area (Å²) in [4.78, 5) is 64.7. The van der Waals surface area contributed by atoms with Crippen molar-refractivity contribution in [3.63, 3.8) is 0 Å². The van der Waals surface area contributed by atoms with Crippen molar-refractivity contribution in [1.82, 2.24) is 25.1 Å². The zero-order valence-electron chi connectivity index (χ0n) is 30.7. The molecule has 1 aromatic heterocycles. The van der Waals surface area contributed by atoms with E-state index in [4.69, 9.17) is 32.7 Å². The highest BCUT2D eigenvalue weighted by Crippen LogP contribution is 2.42. The summed E-state index contributed by atoms with van der Waals surface area (Å²) in [6, 6.07) is 8.45. The Hall–Kier alpha value is -5.12. The van der Waals surface area contributed by atoms with E-state index < -0.39 is 41.3 Å². The van der Waals surface area contributed by atoms with Crippen molar-refractivity contribution in [3.8, 4) is 11.5 Å². The summed E-state index contributed by atoms with van der Waals surface area (Å²) in [7, 11) is 1.57. The van der Waals surface area contributed by atoms with Crippen LogP contribution < -0.4 is 25.0 Å². The molecule has 0 spiro atoms. The molecule has 4 aromatic rings. The summed E-state index contributed by atoms with van der Waals surface area (Å²) in [6.07, 6.45) is 5.99. The number of fused-ring (bicyclic) bond motifs is 4. The first-order chi connectivity index (χ1) is 27.5. The molecule has 5 aliphatic heterocycles. The number of hydrogen-bond acceptors (Lipinski definition) is 11. The fourth-order valence-corrected chi connectivity index (χ4v) is 9.29. The lowest BCUT2D eigenvalue weighted by Crippen LogP contribution is -2.69. The topological polar surface area (TPSA) is 146 Å². The Morgan fingerprint density at radius 3 is 2.37 bits per heavy atom. The van der Waals surface area contributed by atoms with Gasteiger partial charge in [-0.25, -0.2) is 18.7 Å². The van der Waals surface area contributed by atoms with E-state index >= 15 is 4.39 Å². The molecule has 1 saturated carbocycles. The van der Waals surface area contributed by atoms with Gasteiger partial charge < -0.3 is 19.7 Å². The van der Waals surface area contributed by atoms with Crippen molar-refractivity contribution < 1.29 is 37.4 Å². The summed E-state index contributed by atoms with van der Waals surface area (Å²) in [6.45, 7) is 2.10. The van der Waals surface area contributed by atoms with E-state index in [2.05, 4.69) is 25.5 Å². The first kappa shape index (κ1) is 37.5. The Labute approximate surface area is 335 Å². The van der Waals surface area contributed by atoms with Gasteiger partial charge in [0.2, 0.25) is 11.8 Å². The fraction of sp³-hybridized carbons (Fsp3) is 0.400. The maximum atomic E-state index is 15.6. The van der Waals surface area contributed by atoms with Crippen molar-refractivity contribution in [2.45, 2.75) is 69.2 Å². The second-order valence-corrected chi connectivity index (χ2v) is 16.1. The number of hydrogen-bond donors (Lipinski definition) is 2. The molecule has 17 heteroatoms. The van der Waals surface area contributed by atoms with Crippen LogP contribution in [0.25, 0.3) is 10.9 Å². The molecule has 13 nitrogen and oxygen atoms in total. The maximum absolute atomic E-state index is 15.6. The van der Waals surface area contributed by atoms with Gasteiger partial charge in [-0.1, -0.05) is 23.2 Å². The van der Waals surface area contributed by atoms with Crippen LogP contribution in [0.15, 0.2) is 42.7 Å². The molecule has 296 valence electrons. The Bertz CT molecular complexity index is 2350. The van der Waals surface area contributed by atoms with Gasteiger partial charge in [-0.2, -0.15) is 0 Å². The predicted octanol–water partition coefficient (Wildman–Crippen LogP) is 6.27. The molecule has 10 rings (SSSR count). The van der Waals surface area contributed by atoms with E-state index in [1.54, 1.807) is 19.2 Å². The van der Waals surface area contributed by atoms with Crippen LogP contribution in [0.1, 0.15) is 65.7 Å². The number of carbonyl (C=O) groups is 4. The summed E-state index contributed by atoms with van der Waals surface area (Å²) in [5.74, 6) is -1.93. The molecule has 6 aliphatic rings. The van der Waals surface area contributed by atoms with E-state index in [0.29, 0.717) is 47.2 Å². The van der Waals surface area contributed by atoms with E-state index in [1.165, 1.54) is 24.5 Å². The number of rotatable bonds is 9. The summed E-state index contributed by atoms with van der Waals surface area (Å²) >= 11 is 12.0. The molecule has 5 fully saturated rings. The highest BCUT2D eigenvalue weighted by molar-refractivity contribution is 6.42. The van der Waals surface area contributed by atoms with Gasteiger partial charge in [0, 0.05) is 49.6 Å². The van der Waals surface area contributed by atoms with Crippen molar-refractivity contribution in [1.29, 1.82) is 0 Å². The lowest BCUT2D eigenvalue weighted by atomic mass is 9.82. The molecule has 3 atom stereocenters. The first-order valence-electron chi connectivity index (χ1n) is 18.9. The number of methoxy groups -OCH3 is 1. The average Bonchev–Trinajstić information content (AvgIpc) is 3.44. The number of piperazine rings is 1. The van der Waals surface area contributed by atoms with Crippen LogP contribution in [0.5, 0.6) is 11.5 Å². The molecule has 6 heterocycles. The minimum atomic E-state index is -1.11. The van der Waals surface area contributed by atoms with Gasteiger partial charge in [-0.3, -0.25) is 34.3 Å². The van der Waals surface area contributed by atoms with Crippen molar-refractivity contribution in [2.75, 3.05) is 37.0 Å². The third-order valence-electron chi connectivity index (χ3n) is 12.0. The van der Waals surface area contributed by atoms with Gasteiger partial charge in [0.1, 0.15) is 24.0 Å². The van der Waals surface area contributed by atoms with Crippen LogP contribution in [-0.4, -0.2) is 94.4 Å². The molecule has 1 aliphatic carbocycles. The SMILES string of the molecule is COc1cc2ncnc(Nc3ccc(Cl)c(Cl)c3F)c2cc1OC1CCC(CN2C3CC2CN(c2cc4c(cc2F)C(=O)N(C2CCC(=O)NC2=O)C4=O)C3)CC1. The molecule has 4 saturated heterocycles. The minimum absolute atomic E-state index is 0.00989. The van der Waals surface area contributed by atoms with Gasteiger partial charge in [-0.15, -0.1) is 0 Å². The second kappa shape index (κ2) is 14.7. The number of carbonyl (C=O) groups excluding carboxylic acids is 4. The smallest absolute Gasteiger partial charge is 0.262 e. The molecule has 3 unspecified atom stereocenters. The predicted molar refractivity (Wildman–Crippen MR) is 206 cm³/mol. The average molecular weight is 821 g/mol. The molecule has 2 bridgehead atoms. The highest BCUT2D eigenvalue weighted by atomic mass is 35.5. The van der Waals surface area contributed by atoms with Gasteiger partial charge in [0.15, 0.2) is 17.3 Å². The maximum Gasteiger partial charge on any atom is 0.262 e. The van der Waals surface area contributed by atoms with E-state index in [9.17, 15) is 23.6 Å². The highest BCUT2D eigenvalue weighted by Gasteiger charge is 2.48. The lowest BCUT2D eigenvalue weighted by Gasteiger charge is -2.58. The summed E-state index contributed by atoms with van der Waals surface area (Å²) in [5, 5.41) is 5.72. The van der Waals surface area contributed by atoms with E-state index in [-0.39, 0.29) is 63.6 Å². The number of halogens is 4. The number of piperidine rings is 2. The Morgan fingerprint density at radius 1 is 0.912 bits per heavy atom. The molecular weight excluding hydrogens is 783 g/mol. The Kier molecular flexibility index (Phi) is 9.64. The third kappa shape index (κ3) is 6.68. The first-order valence-corrected chi connectivity index (χ1v) is 19.7. The van der Waals surface area contributed by atoms with Gasteiger partial charge in [0.05, 0.1) is 51.3 Å². The summed E-state index contributed by atoms with van der Waals surface area (Å²) in [5.41, 5.74) is 0.970. The largest absolute Gasteiger partial charge is 0.493 e. The van der Waals surface area contributed by atoms with Crippen molar-refractivity contribution in [3.05, 3.63) is 75.5 Å². The number of imide groups is 2. The monoisotopic (exact) mass is 819 g/mol. The zero-order valence-corrected chi connectivity index (χ0v) is 32.2. The van der Waals surface area contributed by atoms with Gasteiger partial charge in [0.25, 0.3) is 11.8 Å². The van der Waals surface area contributed by atoms with Crippen LogP contribution in [-0.2, 0) is 9.59 Å². The molecular formula is C40H37Cl2F2N7O6. The number of aromatic nitrogens is 2. The molecule has 4 amide bonds. The molecule has 0 radical (unpaired) electrons. The number of amides is 4. The number of ether oxygens (including phenoxy) is 2. The number of anilines is 3. The van der Waals surface area contributed by atoms with E-state index in [0.717, 1.165) is 49.6 Å². The van der Waals surface area contributed by atoms with E-state index in [1.807, 2.05) is 4.90 Å². The third-order valence-corrected chi connectivity index (χ3v) is 12.7. The standard InChI is InChI=1S/C40H37Cl2F2N7O6/c1-56-32-14-29-25(37(46-18-45-29)47-28-7-6-26(41)35(42)36(28)44)13-33(32)57-22-4-2-19(3-5-22)15-50-20-10-21(50)17-49(16-20)31-12-24-23(11-27(31)43)39(54)51(40(24)55)30-8-9-34(52)48-38(30)53/h6-7,11-14,18-22,30H,2-5,8-10,15-17H2,1H3,(H,45,46,47)(H,48,52,53). The Balaban J connectivity index is 0.820. The molecule has 2 N–H and O–H groups in total. The lowest BCUT2D eigenvalue weighted by molar-refractivity contribution is -0.136. The number of nitrogens with zero attached hydrogens (tertiary/aromatic N) is 5. The van der Waals surface area contributed by atoms with Crippen LogP contribution in [0.2, 0.25) is 10.0 Å². The van der Waals surface area contributed by atoms with Gasteiger partial charge in [-0.05, 0) is 74.8 Å². The van der Waals surface area contributed by atoms with Crippen molar-refractivity contribution >= 4 is 74.9 Å². The fourth-order valence-electron chi connectivity index (χ4n) is 8.98. The van der Waals surface area contributed by atoms with Crippen LogP contribution >= 0.6 is 23.2 Å².